The van der Waals surface area contributed by atoms with Crippen LogP contribution in [0, 0.1) is 6.92 Å². The third kappa shape index (κ3) is 5.32. The zero-order valence-electron chi connectivity index (χ0n) is 15.0. The van der Waals surface area contributed by atoms with Gasteiger partial charge in [-0.3, -0.25) is 9.10 Å². The maximum atomic E-state index is 12.2. The van der Waals surface area contributed by atoms with E-state index in [0.717, 1.165) is 11.1 Å². The van der Waals surface area contributed by atoms with Gasteiger partial charge in [0.1, 0.15) is 0 Å². The van der Waals surface area contributed by atoms with E-state index in [9.17, 15) is 13.2 Å². The largest absolute Gasteiger partial charge is 0.350 e. The summed E-state index contributed by atoms with van der Waals surface area (Å²) < 4.78 is 25.8. The van der Waals surface area contributed by atoms with Crippen molar-refractivity contribution in [3.8, 4) is 0 Å². The molecule has 0 spiro atoms. The number of carbonyl (C=O) groups is 1. The highest BCUT2D eigenvalue weighted by molar-refractivity contribution is 7.92. The number of hydrogen-bond acceptors (Lipinski definition) is 3. The van der Waals surface area contributed by atoms with Crippen molar-refractivity contribution < 1.29 is 13.2 Å². The summed E-state index contributed by atoms with van der Waals surface area (Å²) in [4.78, 5) is 12.0. The van der Waals surface area contributed by atoms with Crippen molar-refractivity contribution in [2.45, 2.75) is 33.4 Å². The fourth-order valence-electron chi connectivity index (χ4n) is 2.38. The number of hydrogen-bond donors (Lipinski definition) is 1. The van der Waals surface area contributed by atoms with Gasteiger partial charge in [-0.1, -0.05) is 29.8 Å². The van der Waals surface area contributed by atoms with Gasteiger partial charge in [0.15, 0.2) is 0 Å². The molecular formula is C19H24N2O3S. The van der Waals surface area contributed by atoms with Gasteiger partial charge in [-0.25, -0.2) is 8.42 Å². The van der Waals surface area contributed by atoms with E-state index in [1.54, 1.807) is 24.3 Å². The zero-order valence-corrected chi connectivity index (χ0v) is 15.8. The SMILES string of the molecule is Cc1ccc(CN(c2ccc(C(=O)NC(C)C)cc2)S(C)(=O)=O)cc1. The van der Waals surface area contributed by atoms with Gasteiger partial charge in [-0.2, -0.15) is 0 Å². The lowest BCUT2D eigenvalue weighted by molar-refractivity contribution is 0.0943. The average molecular weight is 360 g/mol. The molecule has 5 nitrogen and oxygen atoms in total. The minimum Gasteiger partial charge on any atom is -0.350 e. The Morgan fingerprint density at radius 3 is 2.08 bits per heavy atom. The quantitative estimate of drug-likeness (QED) is 0.861. The van der Waals surface area contributed by atoms with Crippen molar-refractivity contribution in [3.63, 3.8) is 0 Å². The summed E-state index contributed by atoms with van der Waals surface area (Å²) in [7, 11) is -3.45. The van der Waals surface area contributed by atoms with E-state index in [1.807, 2.05) is 45.0 Å². The lowest BCUT2D eigenvalue weighted by Crippen LogP contribution is -2.31. The van der Waals surface area contributed by atoms with Gasteiger partial charge >= 0.3 is 0 Å². The van der Waals surface area contributed by atoms with Crippen molar-refractivity contribution in [1.29, 1.82) is 0 Å². The first-order valence-corrected chi connectivity index (χ1v) is 9.96. The molecule has 0 bridgehead atoms. The van der Waals surface area contributed by atoms with E-state index in [0.29, 0.717) is 11.3 Å². The molecule has 1 amide bonds. The second-order valence-electron chi connectivity index (χ2n) is 6.43. The molecule has 2 aromatic rings. The van der Waals surface area contributed by atoms with Crippen LogP contribution in [0.4, 0.5) is 5.69 Å². The third-order valence-electron chi connectivity index (χ3n) is 3.68. The van der Waals surface area contributed by atoms with Gasteiger partial charge < -0.3 is 5.32 Å². The molecule has 0 aliphatic heterocycles. The number of aryl methyl sites for hydroxylation is 1. The van der Waals surface area contributed by atoms with Gasteiger partial charge in [0, 0.05) is 11.6 Å². The van der Waals surface area contributed by atoms with Gasteiger partial charge in [0.2, 0.25) is 10.0 Å². The molecule has 1 N–H and O–H groups in total. The maximum absolute atomic E-state index is 12.2. The fraction of sp³-hybridized carbons (Fsp3) is 0.316. The predicted molar refractivity (Wildman–Crippen MR) is 101 cm³/mol. The number of amides is 1. The summed E-state index contributed by atoms with van der Waals surface area (Å²) in [5, 5.41) is 2.81. The minimum atomic E-state index is -3.45. The third-order valence-corrected chi connectivity index (χ3v) is 4.82. The Kier molecular flexibility index (Phi) is 5.85. The zero-order chi connectivity index (χ0) is 18.6. The van der Waals surface area contributed by atoms with Crippen LogP contribution in [0.2, 0.25) is 0 Å². The first-order valence-electron chi connectivity index (χ1n) is 8.11. The first-order chi connectivity index (χ1) is 11.7. The normalized spacial score (nSPS) is 11.4. The van der Waals surface area contributed by atoms with Crippen LogP contribution >= 0.6 is 0 Å². The molecular weight excluding hydrogens is 336 g/mol. The standard InChI is InChI=1S/C19H24N2O3S/c1-14(2)20-19(22)17-9-11-18(12-10-17)21(25(4,23)24)13-16-7-5-15(3)6-8-16/h5-12,14H,13H2,1-4H3,(H,20,22). The molecule has 0 aliphatic rings. The smallest absolute Gasteiger partial charge is 0.251 e. The summed E-state index contributed by atoms with van der Waals surface area (Å²) >= 11 is 0. The Balaban J connectivity index is 2.26. The molecule has 0 aliphatic carbocycles. The molecule has 0 fully saturated rings. The highest BCUT2D eigenvalue weighted by Crippen LogP contribution is 2.21. The van der Waals surface area contributed by atoms with Crippen LogP contribution in [0.25, 0.3) is 0 Å². The van der Waals surface area contributed by atoms with E-state index < -0.39 is 10.0 Å². The van der Waals surface area contributed by atoms with Gasteiger partial charge in [-0.05, 0) is 50.6 Å². The second kappa shape index (κ2) is 7.70. The Morgan fingerprint density at radius 1 is 1.04 bits per heavy atom. The number of carbonyl (C=O) groups excluding carboxylic acids is 1. The molecule has 0 aromatic heterocycles. The Bertz CT molecular complexity index is 826. The average Bonchev–Trinajstić information content (AvgIpc) is 2.53. The molecule has 2 rings (SSSR count). The van der Waals surface area contributed by atoms with E-state index in [1.165, 1.54) is 10.6 Å². The summed E-state index contributed by atoms with van der Waals surface area (Å²) in [6.45, 7) is 6.01. The predicted octanol–water partition coefficient (Wildman–Crippen LogP) is 3.10. The highest BCUT2D eigenvalue weighted by Gasteiger charge is 2.18. The topological polar surface area (TPSA) is 66.5 Å². The van der Waals surface area contributed by atoms with Gasteiger partial charge in [0.25, 0.3) is 5.91 Å². The number of sulfonamides is 1. The van der Waals surface area contributed by atoms with E-state index >= 15 is 0 Å². The van der Waals surface area contributed by atoms with E-state index in [-0.39, 0.29) is 18.5 Å². The van der Waals surface area contributed by atoms with Crippen molar-refractivity contribution in [1.82, 2.24) is 5.32 Å². The molecule has 0 saturated carbocycles. The minimum absolute atomic E-state index is 0.0428. The lowest BCUT2D eigenvalue weighted by atomic mass is 10.1. The monoisotopic (exact) mass is 360 g/mol. The molecule has 0 saturated heterocycles. The Morgan fingerprint density at radius 2 is 1.60 bits per heavy atom. The number of rotatable bonds is 6. The summed E-state index contributed by atoms with van der Waals surface area (Å²) in [6, 6.07) is 14.4. The van der Waals surface area contributed by atoms with Crippen LogP contribution < -0.4 is 9.62 Å². The van der Waals surface area contributed by atoms with Crippen molar-refractivity contribution in [2.75, 3.05) is 10.6 Å². The van der Waals surface area contributed by atoms with Crippen LogP contribution in [-0.4, -0.2) is 26.6 Å². The number of nitrogens with one attached hydrogen (secondary N) is 1. The maximum Gasteiger partial charge on any atom is 0.251 e. The molecule has 25 heavy (non-hydrogen) atoms. The number of anilines is 1. The summed E-state index contributed by atoms with van der Waals surface area (Å²) in [5.41, 5.74) is 3.05. The summed E-state index contributed by atoms with van der Waals surface area (Å²) in [6.07, 6.45) is 1.18. The molecule has 0 radical (unpaired) electrons. The highest BCUT2D eigenvalue weighted by atomic mass is 32.2. The van der Waals surface area contributed by atoms with Gasteiger partial charge in [0.05, 0.1) is 18.5 Å². The lowest BCUT2D eigenvalue weighted by Gasteiger charge is -2.23. The van der Waals surface area contributed by atoms with Crippen LogP contribution in [0.5, 0.6) is 0 Å². The van der Waals surface area contributed by atoms with E-state index in [4.69, 9.17) is 0 Å². The van der Waals surface area contributed by atoms with Crippen LogP contribution in [0.3, 0.4) is 0 Å². The van der Waals surface area contributed by atoms with Crippen molar-refractivity contribution in [3.05, 3.63) is 65.2 Å². The first kappa shape index (κ1) is 19.0. The van der Waals surface area contributed by atoms with Crippen molar-refractivity contribution >= 4 is 21.6 Å². The number of benzene rings is 2. The Labute approximate surface area is 149 Å². The van der Waals surface area contributed by atoms with Crippen LogP contribution in [-0.2, 0) is 16.6 Å². The summed E-state index contributed by atoms with van der Waals surface area (Å²) in [5.74, 6) is -0.175. The molecule has 2 aromatic carbocycles. The second-order valence-corrected chi connectivity index (χ2v) is 8.34. The molecule has 0 unspecified atom stereocenters. The van der Waals surface area contributed by atoms with Crippen LogP contribution in [0.1, 0.15) is 35.3 Å². The van der Waals surface area contributed by atoms with E-state index in [2.05, 4.69) is 5.32 Å². The molecule has 0 heterocycles. The number of nitrogens with zero attached hydrogens (tertiary/aromatic N) is 1. The molecule has 134 valence electrons. The Hall–Kier alpha value is -2.34. The molecule has 0 atom stereocenters. The molecule has 6 heteroatoms. The fourth-order valence-corrected chi connectivity index (χ4v) is 3.27. The van der Waals surface area contributed by atoms with Gasteiger partial charge in [-0.15, -0.1) is 0 Å². The van der Waals surface area contributed by atoms with Crippen molar-refractivity contribution in [2.24, 2.45) is 0 Å². The van der Waals surface area contributed by atoms with Crippen LogP contribution in [0.15, 0.2) is 48.5 Å².